The lowest BCUT2D eigenvalue weighted by Crippen LogP contribution is -2.20. The molecule has 1 saturated heterocycles. The van der Waals surface area contributed by atoms with Crippen LogP contribution in [0.3, 0.4) is 0 Å². The fourth-order valence-electron chi connectivity index (χ4n) is 0.633. The maximum atomic E-state index is 10.6. The summed E-state index contributed by atoms with van der Waals surface area (Å²) in [6.45, 7) is 2.33. The SMILES string of the molecule is CC1CN(OI)C(=O)O1. The van der Waals surface area contributed by atoms with Gasteiger partial charge in [-0.25, -0.2) is 4.79 Å². The lowest BCUT2D eigenvalue weighted by Gasteiger charge is -2.03. The van der Waals surface area contributed by atoms with Crippen molar-refractivity contribution in [2.45, 2.75) is 13.0 Å². The molecule has 0 spiro atoms. The summed E-state index contributed by atoms with van der Waals surface area (Å²) < 4.78 is 9.34. The number of hydrogen-bond acceptors (Lipinski definition) is 3. The van der Waals surface area contributed by atoms with E-state index in [1.54, 1.807) is 23.0 Å². The molecule has 52 valence electrons. The monoisotopic (exact) mass is 243 g/mol. The molecule has 0 saturated carbocycles. The summed E-state index contributed by atoms with van der Waals surface area (Å²) in [5.41, 5.74) is 0. The Kier molecular flexibility index (Phi) is 2.12. The average molecular weight is 243 g/mol. The second kappa shape index (κ2) is 2.70. The lowest BCUT2D eigenvalue weighted by molar-refractivity contribution is 0.0454. The number of ether oxygens (including phenoxy) is 1. The van der Waals surface area contributed by atoms with Crippen LogP contribution in [0, 0.1) is 0 Å². The van der Waals surface area contributed by atoms with Gasteiger partial charge in [-0.1, -0.05) is 0 Å². The molecule has 5 heteroatoms. The van der Waals surface area contributed by atoms with Crippen LogP contribution in [0.4, 0.5) is 4.79 Å². The normalized spacial score (nSPS) is 26.7. The third-order valence-corrected chi connectivity index (χ3v) is 1.49. The quantitative estimate of drug-likeness (QED) is 0.647. The highest BCUT2D eigenvalue weighted by Crippen LogP contribution is 2.12. The number of amides is 1. The van der Waals surface area contributed by atoms with E-state index in [0.29, 0.717) is 6.54 Å². The van der Waals surface area contributed by atoms with Crippen molar-refractivity contribution < 1.29 is 12.7 Å². The zero-order valence-electron chi connectivity index (χ0n) is 4.83. The Morgan fingerprint density at radius 1 is 2.00 bits per heavy atom. The van der Waals surface area contributed by atoms with Gasteiger partial charge in [-0.3, -0.25) is 0 Å². The number of cyclic esters (lactones) is 1. The van der Waals surface area contributed by atoms with Gasteiger partial charge in [0.2, 0.25) is 0 Å². The van der Waals surface area contributed by atoms with Crippen molar-refractivity contribution in [3.8, 4) is 0 Å². The van der Waals surface area contributed by atoms with Gasteiger partial charge in [0.25, 0.3) is 0 Å². The number of halogens is 1. The lowest BCUT2D eigenvalue weighted by atomic mass is 10.4. The molecule has 1 aliphatic rings. The minimum atomic E-state index is -0.406. The Balaban J connectivity index is 2.48. The van der Waals surface area contributed by atoms with Crippen LogP contribution in [0.5, 0.6) is 0 Å². The molecule has 1 heterocycles. The predicted octanol–water partition coefficient (Wildman–Crippen LogP) is 1.11. The van der Waals surface area contributed by atoms with Gasteiger partial charge >= 0.3 is 6.09 Å². The van der Waals surface area contributed by atoms with Gasteiger partial charge in [0, 0.05) is 0 Å². The molecule has 0 bridgehead atoms. The number of nitrogens with zero attached hydrogens (tertiary/aromatic N) is 1. The molecule has 0 aromatic heterocycles. The van der Waals surface area contributed by atoms with Gasteiger partial charge in [-0.15, -0.1) is 0 Å². The molecule has 0 aliphatic carbocycles. The number of rotatable bonds is 1. The molecule has 9 heavy (non-hydrogen) atoms. The molecule has 1 unspecified atom stereocenters. The van der Waals surface area contributed by atoms with Crippen molar-refractivity contribution >= 4 is 29.1 Å². The molecule has 1 amide bonds. The van der Waals surface area contributed by atoms with Gasteiger partial charge in [0.05, 0.1) is 6.54 Å². The third-order valence-electron chi connectivity index (χ3n) is 1.01. The Hall–Kier alpha value is -0.0400. The van der Waals surface area contributed by atoms with Gasteiger partial charge < -0.3 is 4.74 Å². The van der Waals surface area contributed by atoms with Crippen LogP contribution in [-0.4, -0.2) is 23.8 Å². The van der Waals surface area contributed by atoms with Crippen LogP contribution in [-0.2, 0) is 7.90 Å². The van der Waals surface area contributed by atoms with Gasteiger partial charge in [0.15, 0.2) is 0 Å². The van der Waals surface area contributed by atoms with E-state index in [2.05, 4.69) is 3.17 Å². The maximum Gasteiger partial charge on any atom is 0.435 e. The molecule has 1 atom stereocenters. The molecule has 1 aliphatic heterocycles. The Bertz CT molecular complexity index is 129. The van der Waals surface area contributed by atoms with Crippen LogP contribution >= 0.6 is 23.0 Å². The van der Waals surface area contributed by atoms with Crippen LogP contribution in [0.2, 0.25) is 0 Å². The van der Waals surface area contributed by atoms with E-state index in [4.69, 9.17) is 4.74 Å². The third kappa shape index (κ3) is 1.45. The highest BCUT2D eigenvalue weighted by molar-refractivity contribution is 14.1. The average Bonchev–Trinajstić information content (AvgIpc) is 2.10. The topological polar surface area (TPSA) is 38.8 Å². The summed E-state index contributed by atoms with van der Waals surface area (Å²) in [5, 5.41) is 1.17. The molecule has 0 N–H and O–H groups in total. The van der Waals surface area contributed by atoms with E-state index in [1.165, 1.54) is 5.06 Å². The van der Waals surface area contributed by atoms with E-state index < -0.39 is 6.09 Å². The van der Waals surface area contributed by atoms with E-state index >= 15 is 0 Å². The molecule has 0 aromatic rings. The van der Waals surface area contributed by atoms with Gasteiger partial charge in [0.1, 0.15) is 29.1 Å². The van der Waals surface area contributed by atoms with Crippen LogP contribution < -0.4 is 0 Å². The standard InChI is InChI=1S/C4H6INO3/c1-3-2-6(9-5)4(7)8-3/h3H,2H2,1H3. The summed E-state index contributed by atoms with van der Waals surface area (Å²) in [7, 11) is 0. The van der Waals surface area contributed by atoms with Crippen molar-refractivity contribution in [2.24, 2.45) is 0 Å². The molecule has 1 rings (SSSR count). The van der Waals surface area contributed by atoms with E-state index in [-0.39, 0.29) is 6.10 Å². The summed E-state index contributed by atoms with van der Waals surface area (Å²) in [6, 6.07) is 0. The number of hydrogen-bond donors (Lipinski definition) is 0. The fourth-order valence-corrected chi connectivity index (χ4v) is 0.954. The van der Waals surface area contributed by atoms with Crippen molar-refractivity contribution in [1.82, 2.24) is 5.06 Å². The first-order valence-electron chi connectivity index (χ1n) is 2.51. The second-order valence-corrected chi connectivity index (χ2v) is 2.22. The largest absolute Gasteiger partial charge is 0.443 e. The fraction of sp³-hybridized carbons (Fsp3) is 0.750. The summed E-state index contributed by atoms with van der Waals surface area (Å²) in [5.74, 6) is 0. The van der Waals surface area contributed by atoms with Crippen molar-refractivity contribution in [3.05, 3.63) is 0 Å². The van der Waals surface area contributed by atoms with Crippen molar-refractivity contribution in [3.63, 3.8) is 0 Å². The van der Waals surface area contributed by atoms with Crippen LogP contribution in [0.25, 0.3) is 0 Å². The van der Waals surface area contributed by atoms with E-state index in [9.17, 15) is 4.79 Å². The van der Waals surface area contributed by atoms with E-state index in [1.807, 2.05) is 6.92 Å². The predicted molar refractivity (Wildman–Crippen MR) is 37.8 cm³/mol. The minimum absolute atomic E-state index is 0.0488. The first kappa shape index (κ1) is 7.07. The van der Waals surface area contributed by atoms with Crippen LogP contribution in [0.1, 0.15) is 6.92 Å². The Labute approximate surface area is 66.7 Å². The highest BCUT2D eigenvalue weighted by atomic mass is 127. The minimum Gasteiger partial charge on any atom is -0.443 e. The zero-order valence-corrected chi connectivity index (χ0v) is 6.99. The smallest absolute Gasteiger partial charge is 0.435 e. The van der Waals surface area contributed by atoms with E-state index in [0.717, 1.165) is 0 Å². The molecule has 0 aromatic carbocycles. The zero-order chi connectivity index (χ0) is 6.85. The molecular formula is C4H6INO3. The summed E-state index contributed by atoms with van der Waals surface area (Å²) in [4.78, 5) is 10.6. The highest BCUT2D eigenvalue weighted by Gasteiger charge is 2.28. The molecule has 0 radical (unpaired) electrons. The van der Waals surface area contributed by atoms with Crippen LogP contribution in [0.15, 0.2) is 0 Å². The molecular weight excluding hydrogens is 237 g/mol. The second-order valence-electron chi connectivity index (χ2n) is 1.82. The Morgan fingerprint density at radius 2 is 2.67 bits per heavy atom. The summed E-state index contributed by atoms with van der Waals surface area (Å²) in [6.07, 6.45) is -0.454. The first-order valence-corrected chi connectivity index (χ1v) is 3.39. The van der Waals surface area contributed by atoms with Gasteiger partial charge in [-0.05, 0) is 6.92 Å². The molecule has 4 nitrogen and oxygen atoms in total. The molecule has 1 fully saturated rings. The van der Waals surface area contributed by atoms with Gasteiger partial charge in [-0.2, -0.15) is 8.23 Å². The van der Waals surface area contributed by atoms with Crippen molar-refractivity contribution in [1.29, 1.82) is 0 Å². The number of hydroxylamine groups is 2. The maximum absolute atomic E-state index is 10.6. The van der Waals surface area contributed by atoms with Crippen molar-refractivity contribution in [2.75, 3.05) is 6.54 Å². The summed E-state index contributed by atoms with van der Waals surface area (Å²) >= 11 is 1.64. The first-order chi connectivity index (χ1) is 4.24. The number of carbonyl (C=O) groups is 1. The Morgan fingerprint density at radius 3 is 2.89 bits per heavy atom. The number of carbonyl (C=O) groups excluding carboxylic acids is 1.